The summed E-state index contributed by atoms with van der Waals surface area (Å²) in [7, 11) is 0. The van der Waals surface area contributed by atoms with Gasteiger partial charge >= 0.3 is 5.97 Å². The predicted molar refractivity (Wildman–Crippen MR) is 92.0 cm³/mol. The number of carbonyl (C=O) groups is 2. The van der Waals surface area contributed by atoms with E-state index in [-0.39, 0.29) is 0 Å². The van der Waals surface area contributed by atoms with Gasteiger partial charge in [0.1, 0.15) is 11.6 Å². The third-order valence-electron chi connectivity index (χ3n) is 2.35. The monoisotopic (exact) mass is 443 g/mol. The third-order valence-corrected chi connectivity index (χ3v) is 4.34. The van der Waals surface area contributed by atoms with Gasteiger partial charge in [-0.25, -0.2) is 4.79 Å². The predicted octanol–water partition coefficient (Wildman–Crippen LogP) is 4.06. The second kappa shape index (κ2) is 7.15. The minimum absolute atomic E-state index is 0.323. The summed E-state index contributed by atoms with van der Waals surface area (Å²) in [6.07, 6.45) is 0. The highest BCUT2D eigenvalue weighted by Crippen LogP contribution is 2.26. The van der Waals surface area contributed by atoms with Gasteiger partial charge in [0, 0.05) is 8.59 Å². The van der Waals surface area contributed by atoms with Gasteiger partial charge in [-0.2, -0.15) is 0 Å². The number of halogens is 3. The first-order chi connectivity index (χ1) is 9.51. The molecule has 0 saturated heterocycles. The zero-order valence-corrected chi connectivity index (χ0v) is 15.8. The zero-order chi connectivity index (χ0) is 16.4. The van der Waals surface area contributed by atoms with Crippen LogP contribution in [0.5, 0.6) is 0 Å². The first kappa shape index (κ1) is 18.5. The van der Waals surface area contributed by atoms with Crippen molar-refractivity contribution in [3.8, 4) is 0 Å². The van der Waals surface area contributed by atoms with Crippen LogP contribution >= 0.6 is 45.8 Å². The smallest absolute Gasteiger partial charge is 0.328 e. The number of amides is 1. The zero-order valence-electron chi connectivity index (χ0n) is 12.1. The maximum absolute atomic E-state index is 12.2. The molecule has 0 heterocycles. The van der Waals surface area contributed by atoms with Crippen molar-refractivity contribution in [3.63, 3.8) is 0 Å². The topological polar surface area (TPSA) is 55.4 Å². The lowest BCUT2D eigenvalue weighted by Crippen LogP contribution is -2.42. The minimum Gasteiger partial charge on any atom is -0.458 e. The maximum Gasteiger partial charge on any atom is 0.328 e. The number of hydrogen-bond donors (Lipinski definition) is 1. The number of carbonyl (C=O) groups excluding carboxylic acids is 2. The Hall–Kier alpha value is -0.530. The van der Waals surface area contributed by atoms with Gasteiger partial charge in [-0.1, -0.05) is 23.2 Å². The van der Waals surface area contributed by atoms with Crippen molar-refractivity contribution in [3.05, 3.63) is 31.3 Å². The molecule has 116 valence electrons. The quantitative estimate of drug-likeness (QED) is 0.435. The van der Waals surface area contributed by atoms with Gasteiger partial charge in [-0.3, -0.25) is 4.79 Å². The summed E-state index contributed by atoms with van der Waals surface area (Å²) < 4.78 is 5.78. The molecule has 0 unspecified atom stereocenters. The molecule has 1 N–H and O–H groups in total. The summed E-state index contributed by atoms with van der Waals surface area (Å²) in [5.74, 6) is -0.929. The molecule has 0 radical (unpaired) electrons. The summed E-state index contributed by atoms with van der Waals surface area (Å²) in [5.41, 5.74) is -0.285. The molecule has 1 aromatic rings. The summed E-state index contributed by atoms with van der Waals surface area (Å²) in [5, 5.41) is 3.32. The van der Waals surface area contributed by atoms with Crippen LogP contribution in [0.4, 0.5) is 0 Å². The van der Waals surface area contributed by atoms with Crippen LogP contribution in [0.25, 0.3) is 0 Å². The van der Waals surface area contributed by atoms with Crippen LogP contribution in [-0.4, -0.2) is 23.5 Å². The van der Waals surface area contributed by atoms with Crippen LogP contribution in [0.15, 0.2) is 12.1 Å². The lowest BCUT2D eigenvalue weighted by Gasteiger charge is -2.22. The summed E-state index contributed by atoms with van der Waals surface area (Å²) >= 11 is 13.8. The average Bonchev–Trinajstić information content (AvgIpc) is 2.31. The molecule has 0 bridgehead atoms. The minimum atomic E-state index is -0.773. The van der Waals surface area contributed by atoms with Gasteiger partial charge in [-0.05, 0) is 62.4 Å². The normalized spacial score (nSPS) is 12.7. The van der Waals surface area contributed by atoms with E-state index in [0.29, 0.717) is 19.2 Å². The molecule has 0 fully saturated rings. The van der Waals surface area contributed by atoms with E-state index in [1.54, 1.807) is 33.8 Å². The molecule has 21 heavy (non-hydrogen) atoms. The van der Waals surface area contributed by atoms with E-state index >= 15 is 0 Å². The Morgan fingerprint density at radius 2 is 1.86 bits per heavy atom. The van der Waals surface area contributed by atoms with Crippen LogP contribution in [-0.2, 0) is 9.53 Å². The van der Waals surface area contributed by atoms with Crippen molar-refractivity contribution in [2.75, 3.05) is 0 Å². The Morgan fingerprint density at radius 1 is 1.29 bits per heavy atom. The first-order valence-electron chi connectivity index (χ1n) is 6.19. The molecule has 0 aliphatic heterocycles. The summed E-state index contributed by atoms with van der Waals surface area (Å²) in [4.78, 5) is 24.1. The van der Waals surface area contributed by atoms with Crippen LogP contribution in [0.3, 0.4) is 0 Å². The lowest BCUT2D eigenvalue weighted by atomic mass is 10.2. The lowest BCUT2D eigenvalue weighted by molar-refractivity contribution is -0.156. The van der Waals surface area contributed by atoms with Crippen molar-refractivity contribution in [2.45, 2.75) is 39.3 Å². The van der Waals surface area contributed by atoms with E-state index in [4.69, 9.17) is 27.9 Å². The second-order valence-corrected chi connectivity index (χ2v) is 7.40. The van der Waals surface area contributed by atoms with Crippen molar-refractivity contribution >= 4 is 57.7 Å². The molecule has 1 aromatic carbocycles. The van der Waals surface area contributed by atoms with Crippen molar-refractivity contribution in [1.29, 1.82) is 0 Å². The van der Waals surface area contributed by atoms with E-state index in [9.17, 15) is 9.59 Å². The van der Waals surface area contributed by atoms with Crippen LogP contribution in [0.1, 0.15) is 38.1 Å². The number of rotatable bonds is 3. The molecule has 1 amide bonds. The second-order valence-electron chi connectivity index (χ2n) is 5.48. The van der Waals surface area contributed by atoms with Crippen LogP contribution < -0.4 is 5.32 Å². The van der Waals surface area contributed by atoms with Crippen molar-refractivity contribution in [1.82, 2.24) is 5.32 Å². The maximum atomic E-state index is 12.2. The Balaban J connectivity index is 2.85. The van der Waals surface area contributed by atoms with E-state index in [2.05, 4.69) is 5.32 Å². The van der Waals surface area contributed by atoms with Gasteiger partial charge in [0.25, 0.3) is 5.91 Å². The highest BCUT2D eigenvalue weighted by Gasteiger charge is 2.24. The molecule has 1 atom stereocenters. The molecule has 0 spiro atoms. The summed E-state index contributed by atoms with van der Waals surface area (Å²) in [6.45, 7) is 6.85. The van der Waals surface area contributed by atoms with E-state index < -0.39 is 23.5 Å². The third kappa shape index (κ3) is 5.64. The van der Waals surface area contributed by atoms with Crippen molar-refractivity contribution < 1.29 is 14.3 Å². The van der Waals surface area contributed by atoms with Crippen LogP contribution in [0.2, 0.25) is 10.0 Å². The standard InChI is InChI=1S/C14H16Cl2INO3/c1-7(13(20)21-14(2,3)4)18-12(19)9-5-8(15)6-10(16)11(9)17/h5-7H,1-4H3,(H,18,19)/t7-/m1/s1. The fourth-order valence-corrected chi connectivity index (χ4v) is 2.49. The van der Waals surface area contributed by atoms with Gasteiger partial charge in [0.15, 0.2) is 0 Å². The van der Waals surface area contributed by atoms with Gasteiger partial charge in [0.2, 0.25) is 0 Å². The molecular formula is C14H16Cl2INO3. The fraction of sp³-hybridized carbons (Fsp3) is 0.429. The van der Waals surface area contributed by atoms with Gasteiger partial charge in [0.05, 0.1) is 10.6 Å². The number of ether oxygens (including phenoxy) is 1. The number of nitrogens with one attached hydrogen (secondary N) is 1. The highest BCUT2D eigenvalue weighted by atomic mass is 127. The Labute approximate surface area is 147 Å². The van der Waals surface area contributed by atoms with E-state index in [0.717, 1.165) is 0 Å². The number of benzene rings is 1. The molecule has 4 nitrogen and oxygen atoms in total. The molecule has 0 aliphatic rings. The van der Waals surface area contributed by atoms with Gasteiger partial charge < -0.3 is 10.1 Å². The Morgan fingerprint density at radius 3 is 2.38 bits per heavy atom. The molecule has 0 aromatic heterocycles. The first-order valence-corrected chi connectivity index (χ1v) is 8.03. The van der Waals surface area contributed by atoms with E-state index in [1.807, 2.05) is 22.6 Å². The molecular weight excluding hydrogens is 428 g/mol. The van der Waals surface area contributed by atoms with Gasteiger partial charge in [-0.15, -0.1) is 0 Å². The molecule has 1 rings (SSSR count). The largest absolute Gasteiger partial charge is 0.458 e. The van der Waals surface area contributed by atoms with Crippen LogP contribution in [0, 0.1) is 3.57 Å². The highest BCUT2D eigenvalue weighted by molar-refractivity contribution is 14.1. The van der Waals surface area contributed by atoms with E-state index in [1.165, 1.54) is 6.07 Å². The Kier molecular flexibility index (Phi) is 6.31. The Bertz CT molecular complexity index is 570. The summed E-state index contributed by atoms with van der Waals surface area (Å²) in [6, 6.07) is 2.29. The number of esters is 1. The average molecular weight is 444 g/mol. The molecule has 0 aliphatic carbocycles. The SMILES string of the molecule is C[C@@H](NC(=O)c1cc(Cl)cc(Cl)c1I)C(=O)OC(C)(C)C. The number of hydrogen-bond acceptors (Lipinski definition) is 3. The van der Waals surface area contributed by atoms with Crippen molar-refractivity contribution in [2.24, 2.45) is 0 Å². The fourth-order valence-electron chi connectivity index (χ4n) is 1.44. The molecule has 0 saturated carbocycles. The molecule has 7 heteroatoms.